The maximum Gasteiger partial charge on any atom is 0.251 e. The molecule has 118 valence electrons. The highest BCUT2D eigenvalue weighted by molar-refractivity contribution is 5.94. The summed E-state index contributed by atoms with van der Waals surface area (Å²) in [7, 11) is 0. The minimum Gasteiger partial charge on any atom is -0.352 e. The van der Waals surface area contributed by atoms with E-state index in [4.69, 9.17) is 5.73 Å². The Morgan fingerprint density at radius 1 is 1.29 bits per heavy atom. The normalized spacial score (nSPS) is 21.7. The predicted molar refractivity (Wildman–Crippen MR) is 90.0 cm³/mol. The second-order valence-corrected chi connectivity index (χ2v) is 6.28. The first-order valence-corrected chi connectivity index (χ1v) is 7.70. The van der Waals surface area contributed by atoms with Crippen molar-refractivity contribution < 1.29 is 4.79 Å². The molecule has 2 atom stereocenters. The molecule has 1 saturated carbocycles. The minimum absolute atomic E-state index is 0. The summed E-state index contributed by atoms with van der Waals surface area (Å²) >= 11 is 0. The van der Waals surface area contributed by atoms with E-state index >= 15 is 0 Å². The molecule has 1 amide bonds. The van der Waals surface area contributed by atoms with Crippen LogP contribution in [-0.2, 0) is 0 Å². The van der Waals surface area contributed by atoms with Crippen LogP contribution >= 0.6 is 12.4 Å². The first kappa shape index (κ1) is 18.0. The zero-order valence-electron chi connectivity index (χ0n) is 13.0. The molecule has 0 aliphatic heterocycles. The lowest BCUT2D eigenvalue weighted by atomic mass is 9.86. The van der Waals surface area contributed by atoms with E-state index in [0.717, 1.165) is 24.9 Å². The Bertz CT molecular complexity index is 445. The van der Waals surface area contributed by atoms with Crippen molar-refractivity contribution in [3.05, 3.63) is 35.4 Å². The molecule has 1 aliphatic carbocycles. The Labute approximate surface area is 134 Å². The van der Waals surface area contributed by atoms with Gasteiger partial charge in [-0.15, -0.1) is 12.4 Å². The minimum atomic E-state index is 0. The Morgan fingerprint density at radius 3 is 2.52 bits per heavy atom. The fourth-order valence-electron chi connectivity index (χ4n) is 2.88. The molecule has 0 aromatic heterocycles. The van der Waals surface area contributed by atoms with Crippen molar-refractivity contribution in [2.75, 3.05) is 6.54 Å². The molecule has 0 heterocycles. The van der Waals surface area contributed by atoms with Crippen molar-refractivity contribution in [2.24, 2.45) is 11.7 Å². The van der Waals surface area contributed by atoms with Gasteiger partial charge in [-0.3, -0.25) is 4.79 Å². The van der Waals surface area contributed by atoms with E-state index in [1.807, 2.05) is 24.3 Å². The van der Waals surface area contributed by atoms with E-state index in [2.05, 4.69) is 19.2 Å². The van der Waals surface area contributed by atoms with Crippen LogP contribution in [0.5, 0.6) is 0 Å². The quantitative estimate of drug-likeness (QED) is 0.894. The number of carbonyl (C=O) groups is 1. The Balaban J connectivity index is 0.00000220. The van der Waals surface area contributed by atoms with Gasteiger partial charge in [-0.1, -0.05) is 32.4 Å². The first-order chi connectivity index (χ1) is 9.56. The zero-order chi connectivity index (χ0) is 14.5. The molecule has 3 N–H and O–H groups in total. The van der Waals surface area contributed by atoms with Crippen molar-refractivity contribution in [1.29, 1.82) is 0 Å². The lowest BCUT2D eigenvalue weighted by Gasteiger charge is -2.26. The van der Waals surface area contributed by atoms with Crippen molar-refractivity contribution >= 4 is 18.3 Å². The lowest BCUT2D eigenvalue weighted by Crippen LogP contribution is -2.35. The lowest BCUT2D eigenvalue weighted by molar-refractivity contribution is 0.0942. The first-order valence-electron chi connectivity index (χ1n) is 7.70. The van der Waals surface area contributed by atoms with Crippen LogP contribution in [0.15, 0.2) is 24.3 Å². The monoisotopic (exact) mass is 310 g/mol. The smallest absolute Gasteiger partial charge is 0.251 e. The van der Waals surface area contributed by atoms with Gasteiger partial charge >= 0.3 is 0 Å². The molecule has 1 aromatic carbocycles. The van der Waals surface area contributed by atoms with Crippen molar-refractivity contribution in [2.45, 2.75) is 51.5 Å². The molecular formula is C17H27ClN2O. The van der Waals surface area contributed by atoms with Gasteiger partial charge in [-0.05, 0) is 48.8 Å². The Hall–Kier alpha value is -1.06. The summed E-state index contributed by atoms with van der Waals surface area (Å²) in [6.45, 7) is 5.06. The molecule has 0 radical (unpaired) electrons. The van der Waals surface area contributed by atoms with Gasteiger partial charge in [0.25, 0.3) is 5.91 Å². The molecule has 1 fully saturated rings. The van der Waals surface area contributed by atoms with Crippen LogP contribution < -0.4 is 11.1 Å². The average molecular weight is 311 g/mol. The highest BCUT2D eigenvalue weighted by atomic mass is 35.5. The average Bonchev–Trinajstić information content (AvgIpc) is 2.45. The molecule has 2 unspecified atom stereocenters. The van der Waals surface area contributed by atoms with Crippen LogP contribution in [0.1, 0.15) is 61.4 Å². The van der Waals surface area contributed by atoms with E-state index in [0.29, 0.717) is 17.9 Å². The fraction of sp³-hybridized carbons (Fsp3) is 0.588. The number of amides is 1. The van der Waals surface area contributed by atoms with Crippen molar-refractivity contribution in [1.82, 2.24) is 5.32 Å². The molecule has 0 spiro atoms. The Kier molecular flexibility index (Phi) is 7.20. The summed E-state index contributed by atoms with van der Waals surface area (Å²) in [4.78, 5) is 12.1. The van der Waals surface area contributed by atoms with Crippen LogP contribution in [0.2, 0.25) is 0 Å². The van der Waals surface area contributed by atoms with E-state index < -0.39 is 0 Å². The number of carbonyl (C=O) groups excluding carboxylic acids is 1. The third kappa shape index (κ3) is 5.33. The number of nitrogens with one attached hydrogen (secondary N) is 1. The number of rotatable bonds is 4. The summed E-state index contributed by atoms with van der Waals surface area (Å²) in [5, 5.41) is 3.04. The second-order valence-electron chi connectivity index (χ2n) is 6.28. The summed E-state index contributed by atoms with van der Waals surface area (Å²) in [6.07, 6.45) is 4.53. The van der Waals surface area contributed by atoms with Gasteiger partial charge in [0.05, 0.1) is 0 Å². The predicted octanol–water partition coefficient (Wildman–Crippen LogP) is 3.48. The number of halogens is 1. The van der Waals surface area contributed by atoms with Gasteiger partial charge in [0, 0.05) is 18.2 Å². The molecular weight excluding hydrogens is 284 g/mol. The maximum absolute atomic E-state index is 12.1. The molecule has 0 bridgehead atoms. The molecule has 21 heavy (non-hydrogen) atoms. The van der Waals surface area contributed by atoms with E-state index in [9.17, 15) is 4.79 Å². The third-order valence-electron chi connectivity index (χ3n) is 4.21. The number of hydrogen-bond acceptors (Lipinski definition) is 2. The number of benzene rings is 1. The fourth-order valence-corrected chi connectivity index (χ4v) is 2.88. The van der Waals surface area contributed by atoms with Gasteiger partial charge in [-0.2, -0.15) is 0 Å². The van der Waals surface area contributed by atoms with E-state index in [1.54, 1.807) is 0 Å². The van der Waals surface area contributed by atoms with Gasteiger partial charge in [0.15, 0.2) is 0 Å². The van der Waals surface area contributed by atoms with Crippen molar-refractivity contribution in [3.63, 3.8) is 0 Å². The van der Waals surface area contributed by atoms with Gasteiger partial charge in [-0.25, -0.2) is 0 Å². The van der Waals surface area contributed by atoms with E-state index in [1.165, 1.54) is 18.4 Å². The summed E-state index contributed by atoms with van der Waals surface area (Å²) in [5.41, 5.74) is 7.98. The molecule has 2 rings (SSSR count). The topological polar surface area (TPSA) is 55.1 Å². The molecule has 3 nitrogen and oxygen atoms in total. The third-order valence-corrected chi connectivity index (χ3v) is 4.21. The zero-order valence-corrected chi connectivity index (χ0v) is 13.8. The van der Waals surface area contributed by atoms with Crippen LogP contribution in [0.25, 0.3) is 0 Å². The molecule has 4 heteroatoms. The van der Waals surface area contributed by atoms with Gasteiger partial charge in [0.1, 0.15) is 0 Å². The Morgan fingerprint density at radius 2 is 1.95 bits per heavy atom. The summed E-state index contributed by atoms with van der Waals surface area (Å²) in [6, 6.07) is 8.22. The van der Waals surface area contributed by atoms with Gasteiger partial charge in [0.2, 0.25) is 0 Å². The van der Waals surface area contributed by atoms with Crippen molar-refractivity contribution in [3.8, 4) is 0 Å². The number of hydrogen-bond donors (Lipinski definition) is 2. The second kappa shape index (κ2) is 8.40. The molecule has 1 aliphatic rings. The van der Waals surface area contributed by atoms with Crippen LogP contribution in [0, 0.1) is 5.92 Å². The largest absolute Gasteiger partial charge is 0.352 e. The summed E-state index contributed by atoms with van der Waals surface area (Å²) < 4.78 is 0. The highest BCUT2D eigenvalue weighted by Gasteiger charge is 2.19. The molecule has 0 saturated heterocycles. The number of nitrogens with two attached hydrogens (primary N) is 1. The van der Waals surface area contributed by atoms with Crippen LogP contribution in [0.4, 0.5) is 0 Å². The SMILES string of the molecule is CC(C)c1ccc(C(=O)NCC2CCCC(N)C2)cc1.Cl. The summed E-state index contributed by atoms with van der Waals surface area (Å²) in [5.74, 6) is 1.06. The van der Waals surface area contributed by atoms with E-state index in [-0.39, 0.29) is 18.3 Å². The standard InChI is InChI=1S/C17H26N2O.ClH/c1-12(2)14-6-8-15(9-7-14)17(20)19-11-13-4-3-5-16(18)10-13;/h6-9,12-13,16H,3-5,10-11,18H2,1-2H3,(H,19,20);1H. The maximum atomic E-state index is 12.1. The van der Waals surface area contributed by atoms with Crippen LogP contribution in [-0.4, -0.2) is 18.5 Å². The van der Waals surface area contributed by atoms with Crippen LogP contribution in [0.3, 0.4) is 0 Å². The highest BCUT2D eigenvalue weighted by Crippen LogP contribution is 2.22. The molecule has 1 aromatic rings. The van der Waals surface area contributed by atoms with Gasteiger partial charge < -0.3 is 11.1 Å².